The summed E-state index contributed by atoms with van der Waals surface area (Å²) in [6, 6.07) is 7.22. The van der Waals surface area contributed by atoms with E-state index in [2.05, 4.69) is 0 Å². The van der Waals surface area contributed by atoms with Crippen molar-refractivity contribution in [2.45, 2.75) is 17.9 Å². The van der Waals surface area contributed by atoms with Gasteiger partial charge in [-0.1, -0.05) is 30.3 Å². The van der Waals surface area contributed by atoms with E-state index in [0.29, 0.717) is 19.8 Å². The van der Waals surface area contributed by atoms with Crippen molar-refractivity contribution in [2.75, 3.05) is 19.8 Å². The molecule has 1 spiro atoms. The van der Waals surface area contributed by atoms with Gasteiger partial charge in [-0.05, 0) is 6.42 Å². The number of ether oxygens (including phenoxy) is 1. The van der Waals surface area contributed by atoms with Crippen LogP contribution >= 0.6 is 0 Å². The highest BCUT2D eigenvalue weighted by atomic mass is 19.3. The Morgan fingerprint density at radius 1 is 1.28 bits per heavy atom. The summed E-state index contributed by atoms with van der Waals surface area (Å²) in [5, 5.41) is 0. The molecule has 0 aromatic heterocycles. The van der Waals surface area contributed by atoms with E-state index in [0.717, 1.165) is 6.42 Å². The highest BCUT2D eigenvalue weighted by Crippen LogP contribution is 2.42. The number of nitrogens with zero attached hydrogens (tertiary/aromatic N) is 1. The lowest BCUT2D eigenvalue weighted by Crippen LogP contribution is -2.73. The predicted octanol–water partition coefficient (Wildman–Crippen LogP) is 1.78. The third-order valence-electron chi connectivity index (χ3n) is 3.76. The van der Waals surface area contributed by atoms with Gasteiger partial charge in [-0.25, -0.2) is 0 Å². The number of rotatable bonds is 2. The van der Waals surface area contributed by atoms with Crippen LogP contribution < -0.4 is 0 Å². The van der Waals surface area contributed by atoms with Gasteiger partial charge in [-0.2, -0.15) is 8.78 Å². The molecule has 2 fully saturated rings. The number of halogens is 2. The van der Waals surface area contributed by atoms with Gasteiger partial charge in [0.2, 0.25) is 0 Å². The van der Waals surface area contributed by atoms with E-state index in [-0.39, 0.29) is 5.56 Å². The number of likely N-dealkylation sites (tertiary alicyclic amines) is 1. The van der Waals surface area contributed by atoms with Crippen LogP contribution in [-0.4, -0.2) is 36.1 Å². The molecule has 0 atom stereocenters. The van der Waals surface area contributed by atoms with Crippen LogP contribution in [0.1, 0.15) is 12.0 Å². The minimum atomic E-state index is -3.45. The van der Waals surface area contributed by atoms with Crippen molar-refractivity contribution in [3.05, 3.63) is 35.9 Å². The van der Waals surface area contributed by atoms with E-state index >= 15 is 0 Å². The maximum atomic E-state index is 14.1. The van der Waals surface area contributed by atoms with Crippen molar-refractivity contribution < 1.29 is 18.3 Å². The van der Waals surface area contributed by atoms with Gasteiger partial charge in [0.15, 0.2) is 0 Å². The fraction of sp³-hybridized carbons (Fsp3) is 0.462. The van der Waals surface area contributed by atoms with E-state index < -0.39 is 17.4 Å². The molecule has 0 radical (unpaired) electrons. The van der Waals surface area contributed by atoms with Crippen LogP contribution in [0.2, 0.25) is 0 Å². The molecule has 2 heterocycles. The van der Waals surface area contributed by atoms with Gasteiger partial charge in [-0.15, -0.1) is 0 Å². The van der Waals surface area contributed by atoms with Crippen LogP contribution in [0.25, 0.3) is 0 Å². The van der Waals surface area contributed by atoms with Gasteiger partial charge in [0, 0.05) is 12.1 Å². The fourth-order valence-corrected chi connectivity index (χ4v) is 2.44. The summed E-state index contributed by atoms with van der Waals surface area (Å²) in [7, 11) is 0. The lowest BCUT2D eigenvalue weighted by molar-refractivity contribution is -0.216. The van der Waals surface area contributed by atoms with Gasteiger partial charge in [0.05, 0.1) is 18.8 Å². The maximum absolute atomic E-state index is 14.1. The average Bonchev–Trinajstić information content (AvgIpc) is 2.26. The van der Waals surface area contributed by atoms with Crippen molar-refractivity contribution >= 4 is 5.91 Å². The van der Waals surface area contributed by atoms with Crippen molar-refractivity contribution in [2.24, 2.45) is 0 Å². The number of carbonyl (C=O) groups excluding carboxylic acids is 1. The zero-order chi connectivity index (χ0) is 12.8. The zero-order valence-corrected chi connectivity index (χ0v) is 9.73. The molecule has 5 heteroatoms. The van der Waals surface area contributed by atoms with Crippen LogP contribution in [0.3, 0.4) is 0 Å². The van der Waals surface area contributed by atoms with Crippen LogP contribution in [0.15, 0.2) is 30.3 Å². The first-order valence-electron chi connectivity index (χ1n) is 5.89. The lowest BCUT2D eigenvalue weighted by atomic mass is 9.82. The Morgan fingerprint density at radius 2 is 1.94 bits per heavy atom. The van der Waals surface area contributed by atoms with Crippen LogP contribution in [0.4, 0.5) is 8.78 Å². The Hall–Kier alpha value is -1.49. The summed E-state index contributed by atoms with van der Waals surface area (Å²) in [4.78, 5) is 13.2. The summed E-state index contributed by atoms with van der Waals surface area (Å²) in [5.41, 5.74) is -0.702. The molecule has 2 saturated heterocycles. The fourth-order valence-electron chi connectivity index (χ4n) is 2.44. The molecule has 1 aromatic rings. The molecule has 3 rings (SSSR count). The summed E-state index contributed by atoms with van der Waals surface area (Å²) in [5.74, 6) is -4.56. The van der Waals surface area contributed by atoms with Gasteiger partial charge in [0.1, 0.15) is 0 Å². The van der Waals surface area contributed by atoms with E-state index in [1.165, 1.54) is 29.2 Å². The number of benzene rings is 1. The smallest absolute Gasteiger partial charge is 0.349 e. The third kappa shape index (κ3) is 1.47. The molecule has 96 valence electrons. The molecular formula is C13H13F2NO2. The Labute approximate surface area is 103 Å². The third-order valence-corrected chi connectivity index (χ3v) is 3.76. The second-order valence-corrected chi connectivity index (χ2v) is 4.86. The van der Waals surface area contributed by atoms with Crippen LogP contribution in [0, 0.1) is 0 Å². The summed E-state index contributed by atoms with van der Waals surface area (Å²) in [6.45, 7) is 1.15. The second kappa shape index (κ2) is 3.75. The van der Waals surface area contributed by atoms with E-state index in [4.69, 9.17) is 4.74 Å². The molecule has 1 aromatic carbocycles. The SMILES string of the molecule is O=C(N1CCC12COC2)C(F)(F)c1ccccc1. The van der Waals surface area contributed by atoms with Gasteiger partial charge >= 0.3 is 5.92 Å². The second-order valence-electron chi connectivity index (χ2n) is 4.86. The van der Waals surface area contributed by atoms with Crippen molar-refractivity contribution in [3.8, 4) is 0 Å². The summed E-state index contributed by atoms with van der Waals surface area (Å²) < 4.78 is 33.2. The summed E-state index contributed by atoms with van der Waals surface area (Å²) >= 11 is 0. The first kappa shape index (κ1) is 11.6. The molecule has 1 amide bonds. The lowest BCUT2D eigenvalue weighted by Gasteiger charge is -2.57. The summed E-state index contributed by atoms with van der Waals surface area (Å²) in [6.07, 6.45) is 0.754. The molecule has 0 N–H and O–H groups in total. The number of hydrogen-bond acceptors (Lipinski definition) is 2. The molecule has 0 saturated carbocycles. The first-order chi connectivity index (χ1) is 8.56. The Kier molecular flexibility index (Phi) is 2.41. The standard InChI is InChI=1S/C13H13F2NO2/c14-13(15,10-4-2-1-3-5-10)11(17)16-7-6-12(16)8-18-9-12/h1-5H,6-9H2. The van der Waals surface area contributed by atoms with Crippen LogP contribution in [-0.2, 0) is 15.5 Å². The molecule has 3 nitrogen and oxygen atoms in total. The number of alkyl halides is 2. The number of carbonyl (C=O) groups is 1. The largest absolute Gasteiger partial charge is 0.376 e. The normalized spacial score (nSPS) is 21.3. The predicted molar refractivity (Wildman–Crippen MR) is 60.2 cm³/mol. The molecule has 2 aliphatic heterocycles. The first-order valence-corrected chi connectivity index (χ1v) is 5.89. The van der Waals surface area contributed by atoms with E-state index in [9.17, 15) is 13.6 Å². The van der Waals surface area contributed by atoms with Gasteiger partial charge in [0.25, 0.3) is 5.91 Å². The van der Waals surface area contributed by atoms with Gasteiger partial charge < -0.3 is 9.64 Å². The Bertz CT molecular complexity index is 466. The Balaban J connectivity index is 1.84. The molecule has 0 bridgehead atoms. The molecule has 0 unspecified atom stereocenters. The average molecular weight is 253 g/mol. The van der Waals surface area contributed by atoms with Crippen molar-refractivity contribution in [1.82, 2.24) is 4.90 Å². The monoisotopic (exact) mass is 253 g/mol. The topological polar surface area (TPSA) is 29.5 Å². The van der Waals surface area contributed by atoms with Crippen molar-refractivity contribution in [3.63, 3.8) is 0 Å². The highest BCUT2D eigenvalue weighted by Gasteiger charge is 2.58. The number of amides is 1. The quantitative estimate of drug-likeness (QED) is 0.804. The molecular weight excluding hydrogens is 240 g/mol. The highest BCUT2D eigenvalue weighted by molar-refractivity contribution is 5.86. The van der Waals surface area contributed by atoms with Crippen LogP contribution in [0.5, 0.6) is 0 Å². The number of hydrogen-bond donors (Lipinski definition) is 0. The maximum Gasteiger partial charge on any atom is 0.349 e. The minimum absolute atomic E-state index is 0.253. The minimum Gasteiger partial charge on any atom is -0.376 e. The van der Waals surface area contributed by atoms with Crippen molar-refractivity contribution in [1.29, 1.82) is 0 Å². The zero-order valence-electron chi connectivity index (χ0n) is 9.73. The van der Waals surface area contributed by atoms with E-state index in [1.54, 1.807) is 6.07 Å². The molecule has 0 aliphatic carbocycles. The molecule has 2 aliphatic rings. The van der Waals surface area contributed by atoms with Gasteiger partial charge in [-0.3, -0.25) is 4.79 Å². The van der Waals surface area contributed by atoms with E-state index in [1.807, 2.05) is 0 Å². The molecule has 18 heavy (non-hydrogen) atoms. The Morgan fingerprint density at radius 3 is 2.39 bits per heavy atom.